The van der Waals surface area contributed by atoms with Crippen molar-refractivity contribution in [3.8, 4) is 0 Å². The van der Waals surface area contributed by atoms with Crippen molar-refractivity contribution in [1.29, 1.82) is 0 Å². The van der Waals surface area contributed by atoms with Crippen LogP contribution >= 0.6 is 0 Å². The number of pyridine rings is 1. The first-order chi connectivity index (χ1) is 8.27. The van der Waals surface area contributed by atoms with E-state index in [0.717, 1.165) is 17.5 Å². The fraction of sp³-hybridized carbons (Fsp3) is 0.154. The van der Waals surface area contributed by atoms with E-state index in [9.17, 15) is 10.1 Å². The molecular weight excluding hydrogens is 216 g/mol. The predicted octanol–water partition coefficient (Wildman–Crippen LogP) is 2.78. The molecule has 0 atom stereocenters. The number of nitrogens with zero attached hydrogens (tertiary/aromatic N) is 2. The normalized spacial score (nSPS) is 10.1. The smallest absolute Gasteiger partial charge is 0.265 e. The summed E-state index contributed by atoms with van der Waals surface area (Å²) in [5.41, 5.74) is 2.11. The molecule has 2 aromatic rings. The molecule has 0 aliphatic carbocycles. The first-order valence-electron chi connectivity index (χ1n) is 5.38. The summed E-state index contributed by atoms with van der Waals surface area (Å²) in [5, 5.41) is 10.8. The Morgan fingerprint density at radius 1 is 1.06 bits per heavy atom. The predicted molar refractivity (Wildman–Crippen MR) is 64.7 cm³/mol. The molecule has 1 heterocycles. The summed E-state index contributed by atoms with van der Waals surface area (Å²) in [4.78, 5) is 14.4. The highest BCUT2D eigenvalue weighted by molar-refractivity contribution is 5.40. The first-order valence-corrected chi connectivity index (χ1v) is 5.38. The van der Waals surface area contributed by atoms with Gasteiger partial charge in [-0.25, -0.2) is 0 Å². The van der Waals surface area contributed by atoms with Crippen LogP contribution in [-0.2, 0) is 12.8 Å². The summed E-state index contributed by atoms with van der Waals surface area (Å²) in [5.74, 6) is 0. The van der Waals surface area contributed by atoms with Gasteiger partial charge in [-0.15, -0.1) is 0 Å². The largest absolute Gasteiger partial charge is 0.272 e. The maximum Gasteiger partial charge on any atom is 0.272 e. The van der Waals surface area contributed by atoms with E-state index in [-0.39, 0.29) is 10.6 Å². The average molecular weight is 228 g/mol. The van der Waals surface area contributed by atoms with Crippen molar-refractivity contribution in [3.05, 3.63) is 70.0 Å². The number of aromatic nitrogens is 1. The maximum atomic E-state index is 10.8. The van der Waals surface area contributed by atoms with Crippen molar-refractivity contribution in [1.82, 2.24) is 4.98 Å². The molecule has 1 aromatic carbocycles. The molecular formula is C13H12N2O2. The van der Waals surface area contributed by atoms with Crippen LogP contribution in [0.3, 0.4) is 0 Å². The summed E-state index contributed by atoms with van der Waals surface area (Å²) >= 11 is 0. The van der Waals surface area contributed by atoms with Crippen LogP contribution in [-0.4, -0.2) is 9.91 Å². The van der Waals surface area contributed by atoms with Gasteiger partial charge in [0.2, 0.25) is 0 Å². The number of para-hydroxylation sites is 1. The van der Waals surface area contributed by atoms with E-state index < -0.39 is 0 Å². The second-order valence-electron chi connectivity index (χ2n) is 3.74. The Morgan fingerprint density at radius 3 is 2.47 bits per heavy atom. The van der Waals surface area contributed by atoms with Crippen molar-refractivity contribution < 1.29 is 4.92 Å². The Hall–Kier alpha value is -2.23. The van der Waals surface area contributed by atoms with Gasteiger partial charge in [-0.3, -0.25) is 15.1 Å². The van der Waals surface area contributed by atoms with Gasteiger partial charge in [0.1, 0.15) is 0 Å². The molecule has 0 saturated heterocycles. The van der Waals surface area contributed by atoms with Crippen LogP contribution in [0.25, 0.3) is 0 Å². The van der Waals surface area contributed by atoms with Crippen LogP contribution in [0.5, 0.6) is 0 Å². The Kier molecular flexibility index (Phi) is 3.45. The Morgan fingerprint density at radius 2 is 1.76 bits per heavy atom. The van der Waals surface area contributed by atoms with E-state index in [1.807, 2.05) is 18.2 Å². The lowest BCUT2D eigenvalue weighted by Crippen LogP contribution is -1.97. The number of hydrogen-bond donors (Lipinski definition) is 0. The monoisotopic (exact) mass is 228 g/mol. The molecule has 0 radical (unpaired) electrons. The highest BCUT2D eigenvalue weighted by atomic mass is 16.6. The van der Waals surface area contributed by atoms with Crippen molar-refractivity contribution in [3.63, 3.8) is 0 Å². The molecule has 0 amide bonds. The Balaban J connectivity index is 2.12. The van der Waals surface area contributed by atoms with Gasteiger partial charge >= 0.3 is 0 Å². The highest BCUT2D eigenvalue weighted by Crippen LogP contribution is 2.19. The number of nitro benzene ring substituents is 1. The van der Waals surface area contributed by atoms with Gasteiger partial charge in [0.25, 0.3) is 5.69 Å². The molecule has 0 bridgehead atoms. The third kappa shape index (κ3) is 2.87. The highest BCUT2D eigenvalue weighted by Gasteiger charge is 2.11. The van der Waals surface area contributed by atoms with E-state index in [1.165, 1.54) is 0 Å². The van der Waals surface area contributed by atoms with Crippen LogP contribution < -0.4 is 0 Å². The van der Waals surface area contributed by atoms with Gasteiger partial charge in [-0.05, 0) is 30.5 Å². The van der Waals surface area contributed by atoms with E-state index in [1.54, 1.807) is 30.6 Å². The molecule has 0 spiro atoms. The topological polar surface area (TPSA) is 56.0 Å². The van der Waals surface area contributed by atoms with Gasteiger partial charge in [-0.1, -0.05) is 18.2 Å². The molecule has 2 rings (SSSR count). The molecule has 0 N–H and O–H groups in total. The van der Waals surface area contributed by atoms with Crippen LogP contribution in [0.1, 0.15) is 11.1 Å². The second kappa shape index (κ2) is 5.21. The van der Waals surface area contributed by atoms with Gasteiger partial charge in [0.15, 0.2) is 0 Å². The third-order valence-corrected chi connectivity index (χ3v) is 2.62. The number of benzene rings is 1. The number of aryl methyl sites for hydroxylation is 2. The summed E-state index contributed by atoms with van der Waals surface area (Å²) in [7, 11) is 0. The number of hydrogen-bond acceptors (Lipinski definition) is 3. The lowest BCUT2D eigenvalue weighted by Gasteiger charge is -2.02. The van der Waals surface area contributed by atoms with Crippen molar-refractivity contribution in [2.75, 3.05) is 0 Å². The Labute approximate surface area is 99.1 Å². The van der Waals surface area contributed by atoms with Gasteiger partial charge in [-0.2, -0.15) is 0 Å². The zero-order valence-corrected chi connectivity index (χ0v) is 9.24. The van der Waals surface area contributed by atoms with Crippen molar-refractivity contribution in [2.45, 2.75) is 12.8 Å². The van der Waals surface area contributed by atoms with Crippen LogP contribution in [0.4, 0.5) is 5.69 Å². The summed E-state index contributed by atoms with van der Waals surface area (Å²) < 4.78 is 0. The maximum absolute atomic E-state index is 10.8. The standard InChI is InChI=1S/C13H12N2O2/c16-15(17)13-4-2-1-3-12(13)6-5-11-7-9-14-10-8-11/h1-4,7-10H,5-6H2. The van der Waals surface area contributed by atoms with Crippen LogP contribution in [0.2, 0.25) is 0 Å². The summed E-state index contributed by atoms with van der Waals surface area (Å²) in [6.45, 7) is 0. The van der Waals surface area contributed by atoms with E-state index in [0.29, 0.717) is 6.42 Å². The second-order valence-corrected chi connectivity index (χ2v) is 3.74. The van der Waals surface area contributed by atoms with Gasteiger partial charge in [0, 0.05) is 24.0 Å². The van der Waals surface area contributed by atoms with Gasteiger partial charge < -0.3 is 0 Å². The molecule has 86 valence electrons. The van der Waals surface area contributed by atoms with E-state index in [4.69, 9.17) is 0 Å². The molecule has 0 unspecified atom stereocenters. The van der Waals surface area contributed by atoms with Crippen LogP contribution in [0, 0.1) is 10.1 Å². The summed E-state index contributed by atoms with van der Waals surface area (Å²) in [6, 6.07) is 10.7. The Bertz CT molecular complexity index is 512. The fourth-order valence-corrected chi connectivity index (χ4v) is 1.73. The first kappa shape index (κ1) is 11.3. The minimum Gasteiger partial charge on any atom is -0.265 e. The quantitative estimate of drug-likeness (QED) is 0.597. The molecule has 0 aliphatic rings. The minimum absolute atomic E-state index is 0.196. The fourth-order valence-electron chi connectivity index (χ4n) is 1.73. The lowest BCUT2D eigenvalue weighted by atomic mass is 10.0. The van der Waals surface area contributed by atoms with E-state index in [2.05, 4.69) is 4.98 Å². The molecule has 0 aliphatic heterocycles. The lowest BCUT2D eigenvalue weighted by molar-refractivity contribution is -0.385. The summed E-state index contributed by atoms with van der Waals surface area (Å²) in [6.07, 6.45) is 4.91. The van der Waals surface area contributed by atoms with Crippen molar-refractivity contribution in [2.24, 2.45) is 0 Å². The van der Waals surface area contributed by atoms with Gasteiger partial charge in [0.05, 0.1) is 4.92 Å². The number of nitro groups is 1. The van der Waals surface area contributed by atoms with E-state index >= 15 is 0 Å². The molecule has 1 aromatic heterocycles. The molecule has 4 nitrogen and oxygen atoms in total. The number of rotatable bonds is 4. The van der Waals surface area contributed by atoms with Crippen molar-refractivity contribution >= 4 is 5.69 Å². The van der Waals surface area contributed by atoms with Crippen LogP contribution in [0.15, 0.2) is 48.8 Å². The molecule has 4 heteroatoms. The molecule has 0 saturated carbocycles. The molecule has 17 heavy (non-hydrogen) atoms. The minimum atomic E-state index is -0.331. The zero-order chi connectivity index (χ0) is 12.1. The molecule has 0 fully saturated rings. The average Bonchev–Trinajstić information content (AvgIpc) is 2.38. The SMILES string of the molecule is O=[N+]([O-])c1ccccc1CCc1ccncc1. The zero-order valence-electron chi connectivity index (χ0n) is 9.24. The third-order valence-electron chi connectivity index (χ3n) is 2.62.